The monoisotopic (exact) mass is 170 g/mol. The topological polar surface area (TPSA) is 35.5 Å². The first-order chi connectivity index (χ1) is 5.83. The van der Waals surface area contributed by atoms with Crippen LogP contribution in [0.2, 0.25) is 0 Å². The molecule has 0 bridgehead atoms. The van der Waals surface area contributed by atoms with E-state index in [-0.39, 0.29) is 12.1 Å². The maximum atomic E-state index is 10.8. The largest absolute Gasteiger partial charge is 0.463 e. The summed E-state index contributed by atoms with van der Waals surface area (Å²) >= 11 is 0. The molecule has 68 valence electrons. The zero-order chi connectivity index (χ0) is 8.81. The van der Waals surface area contributed by atoms with Crippen molar-refractivity contribution < 1.29 is 14.3 Å². The average molecular weight is 170 g/mol. The third-order valence-corrected chi connectivity index (χ3v) is 1.70. The third kappa shape index (κ3) is 3.05. The Bertz CT molecular complexity index is 169. The van der Waals surface area contributed by atoms with E-state index in [0.717, 1.165) is 19.4 Å². The van der Waals surface area contributed by atoms with Gasteiger partial charge in [-0.3, -0.25) is 0 Å². The lowest BCUT2D eigenvalue weighted by Gasteiger charge is -2.00. The number of hydrogen-bond acceptors (Lipinski definition) is 3. The van der Waals surface area contributed by atoms with E-state index in [1.807, 2.05) is 0 Å². The summed E-state index contributed by atoms with van der Waals surface area (Å²) in [7, 11) is 0. The summed E-state index contributed by atoms with van der Waals surface area (Å²) in [6.45, 7) is 3.02. The Labute approximate surface area is 72.4 Å². The second-order valence-electron chi connectivity index (χ2n) is 2.66. The standard InChI is InChI=1S/C9H14O3/c1-2-11-9(10)6-5-8-4-3-7-12-8/h5-6,8H,2-4,7H2,1H3/b6-5+/t8-/m0/s1. The number of carbonyl (C=O) groups excluding carboxylic acids is 1. The van der Waals surface area contributed by atoms with E-state index >= 15 is 0 Å². The third-order valence-electron chi connectivity index (χ3n) is 1.70. The van der Waals surface area contributed by atoms with E-state index in [0.29, 0.717) is 6.61 Å². The highest BCUT2D eigenvalue weighted by Gasteiger charge is 2.11. The molecule has 3 heteroatoms. The minimum atomic E-state index is -0.284. The molecular formula is C9H14O3. The van der Waals surface area contributed by atoms with Crippen molar-refractivity contribution in [2.75, 3.05) is 13.2 Å². The van der Waals surface area contributed by atoms with E-state index in [1.54, 1.807) is 13.0 Å². The van der Waals surface area contributed by atoms with E-state index in [2.05, 4.69) is 0 Å². The molecule has 0 N–H and O–H groups in total. The highest BCUT2D eigenvalue weighted by Crippen LogP contribution is 2.12. The van der Waals surface area contributed by atoms with Crippen LogP contribution >= 0.6 is 0 Å². The van der Waals surface area contributed by atoms with Gasteiger partial charge in [0.1, 0.15) is 0 Å². The number of rotatable bonds is 3. The molecule has 1 fully saturated rings. The Kier molecular flexibility index (Phi) is 3.80. The molecule has 0 aromatic rings. The molecule has 0 spiro atoms. The summed E-state index contributed by atoms with van der Waals surface area (Å²) in [4.78, 5) is 10.8. The van der Waals surface area contributed by atoms with Gasteiger partial charge >= 0.3 is 5.97 Å². The first kappa shape index (κ1) is 9.26. The molecule has 0 aromatic carbocycles. The molecule has 0 unspecified atom stereocenters. The van der Waals surface area contributed by atoms with Crippen LogP contribution < -0.4 is 0 Å². The summed E-state index contributed by atoms with van der Waals surface area (Å²) in [5.41, 5.74) is 0. The molecule has 0 saturated carbocycles. The summed E-state index contributed by atoms with van der Waals surface area (Å²) in [5.74, 6) is -0.284. The van der Waals surface area contributed by atoms with Gasteiger partial charge in [-0.25, -0.2) is 4.79 Å². The molecule has 12 heavy (non-hydrogen) atoms. The lowest BCUT2D eigenvalue weighted by Crippen LogP contribution is -2.03. The molecule has 1 rings (SSSR count). The van der Waals surface area contributed by atoms with E-state index < -0.39 is 0 Å². The van der Waals surface area contributed by atoms with Crippen molar-refractivity contribution in [2.24, 2.45) is 0 Å². The second kappa shape index (κ2) is 4.93. The van der Waals surface area contributed by atoms with Crippen LogP contribution in [0.4, 0.5) is 0 Å². The maximum absolute atomic E-state index is 10.8. The van der Waals surface area contributed by atoms with Gasteiger partial charge in [0.15, 0.2) is 0 Å². The van der Waals surface area contributed by atoms with Crippen LogP contribution in [0.1, 0.15) is 19.8 Å². The minimum Gasteiger partial charge on any atom is -0.463 e. The van der Waals surface area contributed by atoms with Crippen molar-refractivity contribution in [1.29, 1.82) is 0 Å². The molecule has 1 atom stereocenters. The normalized spacial score (nSPS) is 23.2. The van der Waals surface area contributed by atoms with Gasteiger partial charge in [0.05, 0.1) is 12.7 Å². The van der Waals surface area contributed by atoms with Crippen LogP contribution in [0.3, 0.4) is 0 Å². The smallest absolute Gasteiger partial charge is 0.330 e. The van der Waals surface area contributed by atoms with Crippen molar-refractivity contribution in [3.63, 3.8) is 0 Å². The predicted octanol–water partition coefficient (Wildman–Crippen LogP) is 1.28. The second-order valence-corrected chi connectivity index (χ2v) is 2.66. The van der Waals surface area contributed by atoms with Gasteiger partial charge in [-0.15, -0.1) is 0 Å². The predicted molar refractivity (Wildman–Crippen MR) is 44.7 cm³/mol. The number of hydrogen-bond donors (Lipinski definition) is 0. The Morgan fingerprint density at radius 1 is 1.75 bits per heavy atom. The molecule has 1 aliphatic rings. The first-order valence-corrected chi connectivity index (χ1v) is 4.29. The van der Waals surface area contributed by atoms with E-state index in [9.17, 15) is 4.79 Å². The zero-order valence-electron chi connectivity index (χ0n) is 7.29. The Balaban J connectivity index is 2.23. The highest BCUT2D eigenvalue weighted by molar-refractivity contribution is 5.81. The molecule has 3 nitrogen and oxygen atoms in total. The summed E-state index contributed by atoms with van der Waals surface area (Å²) in [6.07, 6.45) is 5.42. The zero-order valence-corrected chi connectivity index (χ0v) is 7.29. The summed E-state index contributed by atoms with van der Waals surface area (Å²) in [6, 6.07) is 0. The Hall–Kier alpha value is -0.830. The summed E-state index contributed by atoms with van der Waals surface area (Å²) in [5, 5.41) is 0. The number of ether oxygens (including phenoxy) is 2. The van der Waals surface area contributed by atoms with Crippen molar-refractivity contribution in [2.45, 2.75) is 25.9 Å². The SMILES string of the molecule is CCOC(=O)/C=C/[C@@H]1CCCO1. The molecule has 1 heterocycles. The molecule has 0 radical (unpaired) electrons. The number of esters is 1. The molecule has 1 aliphatic heterocycles. The molecule has 0 amide bonds. The lowest BCUT2D eigenvalue weighted by molar-refractivity contribution is -0.137. The fraction of sp³-hybridized carbons (Fsp3) is 0.667. The van der Waals surface area contributed by atoms with Gasteiger partial charge in [0, 0.05) is 12.7 Å². The lowest BCUT2D eigenvalue weighted by atomic mass is 10.2. The fourth-order valence-electron chi connectivity index (χ4n) is 1.13. The first-order valence-electron chi connectivity index (χ1n) is 4.29. The fourth-order valence-corrected chi connectivity index (χ4v) is 1.13. The van der Waals surface area contributed by atoms with Gasteiger partial charge in [0.25, 0.3) is 0 Å². The molecular weight excluding hydrogens is 156 g/mol. The van der Waals surface area contributed by atoms with Crippen molar-refractivity contribution in [3.05, 3.63) is 12.2 Å². The molecule has 0 aliphatic carbocycles. The van der Waals surface area contributed by atoms with Crippen LogP contribution in [-0.2, 0) is 14.3 Å². The van der Waals surface area contributed by atoms with Gasteiger partial charge < -0.3 is 9.47 Å². The Morgan fingerprint density at radius 2 is 2.58 bits per heavy atom. The summed E-state index contributed by atoms with van der Waals surface area (Å²) < 4.78 is 10.0. The Morgan fingerprint density at radius 3 is 3.17 bits per heavy atom. The minimum absolute atomic E-state index is 0.120. The van der Waals surface area contributed by atoms with E-state index in [4.69, 9.17) is 9.47 Å². The maximum Gasteiger partial charge on any atom is 0.330 e. The van der Waals surface area contributed by atoms with Crippen LogP contribution in [0, 0.1) is 0 Å². The van der Waals surface area contributed by atoms with Crippen molar-refractivity contribution in [3.8, 4) is 0 Å². The van der Waals surface area contributed by atoms with Gasteiger partial charge in [-0.05, 0) is 25.8 Å². The average Bonchev–Trinajstić information content (AvgIpc) is 2.53. The number of carbonyl (C=O) groups is 1. The van der Waals surface area contributed by atoms with E-state index in [1.165, 1.54) is 6.08 Å². The van der Waals surface area contributed by atoms with Crippen molar-refractivity contribution >= 4 is 5.97 Å². The van der Waals surface area contributed by atoms with Gasteiger partial charge in [0.2, 0.25) is 0 Å². The van der Waals surface area contributed by atoms with Crippen LogP contribution in [0.5, 0.6) is 0 Å². The van der Waals surface area contributed by atoms with Gasteiger partial charge in [-0.1, -0.05) is 0 Å². The highest BCUT2D eigenvalue weighted by atomic mass is 16.5. The van der Waals surface area contributed by atoms with Crippen LogP contribution in [0.25, 0.3) is 0 Å². The molecule has 0 aromatic heterocycles. The van der Waals surface area contributed by atoms with Gasteiger partial charge in [-0.2, -0.15) is 0 Å². The molecule has 1 saturated heterocycles. The quantitative estimate of drug-likeness (QED) is 0.473. The van der Waals surface area contributed by atoms with Crippen LogP contribution in [0.15, 0.2) is 12.2 Å². The van der Waals surface area contributed by atoms with Crippen molar-refractivity contribution in [1.82, 2.24) is 0 Å². The van der Waals surface area contributed by atoms with Crippen LogP contribution in [-0.4, -0.2) is 25.3 Å².